The molecule has 0 rings (SSSR count). The zero-order valence-electron chi connectivity index (χ0n) is 2.82. The van der Waals surface area contributed by atoms with Crippen molar-refractivity contribution in [2.24, 2.45) is 0 Å². The summed E-state index contributed by atoms with van der Waals surface area (Å²) < 4.78 is 24.9. The molecule has 0 unspecified atom stereocenters. The van der Waals surface area contributed by atoms with Crippen molar-refractivity contribution in [2.45, 2.75) is 0 Å². The van der Waals surface area contributed by atoms with Crippen LogP contribution in [-0.2, 0) is 43.6 Å². The quantitative estimate of drug-likeness (QED) is 0.449. The molecule has 2 N–H and O–H groups in total. The maximum Gasteiger partial charge on any atom is 0.186 e. The summed E-state index contributed by atoms with van der Waals surface area (Å²) in [4.78, 5) is 0. The standard InChI is InChI=1S/Co.H2NO3S.Ni/c;1-5(2,3)4;/h;(H2-,1,2,3,4);/q;-1;. The van der Waals surface area contributed by atoms with Crippen molar-refractivity contribution in [2.75, 3.05) is 0 Å². The Morgan fingerprint density at radius 3 is 1.43 bits per heavy atom. The summed E-state index contributed by atoms with van der Waals surface area (Å²) >= 11 is 0. The van der Waals surface area contributed by atoms with E-state index in [1.165, 1.54) is 0 Å². The van der Waals surface area contributed by atoms with Gasteiger partial charge in [-0.15, -0.1) is 0 Å². The van der Waals surface area contributed by atoms with Crippen molar-refractivity contribution >= 4 is 10.3 Å². The summed E-state index contributed by atoms with van der Waals surface area (Å²) in [6.45, 7) is 0. The first-order chi connectivity index (χ1) is 2.00. The van der Waals surface area contributed by atoms with Gasteiger partial charge in [-0.25, -0.2) is 8.42 Å². The van der Waals surface area contributed by atoms with Gasteiger partial charge < -0.3 is 5.14 Å². The molecule has 7 heavy (non-hydrogen) atoms. The molecule has 0 amide bonds. The van der Waals surface area contributed by atoms with Gasteiger partial charge in [-0.05, 0) is 0 Å². The average molecular weight is 214 g/mol. The van der Waals surface area contributed by atoms with Gasteiger partial charge >= 0.3 is 0 Å². The number of hydrogen-bond donors (Lipinski definition) is 1. The Balaban J connectivity index is -0.0000000800. The van der Waals surface area contributed by atoms with Gasteiger partial charge in [0.15, 0.2) is 10.3 Å². The molecule has 4 nitrogen and oxygen atoms in total. The van der Waals surface area contributed by atoms with E-state index in [4.69, 9.17) is 18.1 Å². The third-order valence-electron chi connectivity index (χ3n) is 0. The van der Waals surface area contributed by atoms with Crippen molar-refractivity contribution in [1.82, 2.24) is 0 Å². The van der Waals surface area contributed by atoms with Crippen LogP contribution in [0.1, 0.15) is 0 Å². The van der Waals surface area contributed by atoms with E-state index in [1.807, 2.05) is 0 Å². The molecule has 0 saturated carbocycles. The van der Waals surface area contributed by atoms with Crippen LogP contribution in [0.2, 0.25) is 0 Å². The predicted molar refractivity (Wildman–Crippen MR) is 15.9 cm³/mol. The Morgan fingerprint density at radius 2 is 1.43 bits per heavy atom. The van der Waals surface area contributed by atoms with Gasteiger partial charge in [-0.2, -0.15) is 0 Å². The van der Waals surface area contributed by atoms with Gasteiger partial charge in [0.1, 0.15) is 0 Å². The Hall–Kier alpha value is 0.870. The minimum Gasteiger partial charge on any atom is -0.540 e. The van der Waals surface area contributed by atoms with Crippen molar-refractivity contribution in [3.8, 4) is 0 Å². The molecule has 0 atom stereocenters. The van der Waals surface area contributed by atoms with Gasteiger partial charge in [-0.1, -0.05) is 0 Å². The van der Waals surface area contributed by atoms with E-state index in [-0.39, 0.29) is 33.3 Å². The van der Waals surface area contributed by atoms with E-state index in [9.17, 15) is 0 Å². The molecule has 0 aromatic heterocycles. The number of rotatable bonds is 0. The van der Waals surface area contributed by atoms with Crippen LogP contribution in [0.4, 0.5) is 0 Å². The van der Waals surface area contributed by atoms with Crippen molar-refractivity contribution in [1.29, 1.82) is 0 Å². The largest absolute Gasteiger partial charge is 0.540 e. The summed E-state index contributed by atoms with van der Waals surface area (Å²) in [5.74, 6) is 0. The minimum atomic E-state index is -4.42. The Bertz CT molecular complexity index is 98.1. The smallest absolute Gasteiger partial charge is 0.186 e. The van der Waals surface area contributed by atoms with E-state index in [0.717, 1.165) is 0 Å². The second-order valence-corrected chi connectivity index (χ2v) is 1.43. The fraction of sp³-hybridized carbons (Fsp3) is 0. The maximum atomic E-state index is 8.85. The summed E-state index contributed by atoms with van der Waals surface area (Å²) in [7, 11) is -4.42. The second kappa shape index (κ2) is 5.02. The summed E-state index contributed by atoms with van der Waals surface area (Å²) in [5, 5.41) is 5.47. The van der Waals surface area contributed by atoms with Crippen molar-refractivity contribution in [3.63, 3.8) is 0 Å². The van der Waals surface area contributed by atoms with Gasteiger partial charge in [0.25, 0.3) is 0 Å². The van der Waals surface area contributed by atoms with Crippen LogP contribution in [0.25, 0.3) is 5.14 Å². The first-order valence-electron chi connectivity index (χ1n) is 0.720. The van der Waals surface area contributed by atoms with Crippen LogP contribution in [0.15, 0.2) is 0 Å². The van der Waals surface area contributed by atoms with Crippen LogP contribution in [0.5, 0.6) is 0 Å². The van der Waals surface area contributed by atoms with E-state index >= 15 is 0 Å². The second-order valence-electron chi connectivity index (χ2n) is 0.475. The minimum absolute atomic E-state index is 0. The molecule has 0 saturated heterocycles. The van der Waals surface area contributed by atoms with Gasteiger partial charge in [0.05, 0.1) is 0 Å². The third kappa shape index (κ3) is 215. The molecule has 0 bridgehead atoms. The monoisotopic (exact) mass is 213 g/mol. The van der Waals surface area contributed by atoms with Crippen LogP contribution in [0.3, 0.4) is 0 Å². The maximum absolute atomic E-state index is 8.85. The fourth-order valence-corrected chi connectivity index (χ4v) is 0. The molecule has 0 aliphatic rings. The Kier molecular flexibility index (Phi) is 11.2. The topological polar surface area (TPSA) is 78.2 Å². The first-order valence-corrected chi connectivity index (χ1v) is 2.16. The fourth-order valence-electron chi connectivity index (χ4n) is 0. The molecule has 0 aromatic carbocycles. The molecule has 1 radical (unpaired) electrons. The van der Waals surface area contributed by atoms with Crippen LogP contribution >= 0.6 is 0 Å². The molecule has 0 aromatic rings. The first kappa shape index (κ1) is 15.7. The SMILES string of the molecule is [Co].[NH-]S(=O)(=O)O.[Ni]. The van der Waals surface area contributed by atoms with Gasteiger partial charge in [0, 0.05) is 33.3 Å². The van der Waals surface area contributed by atoms with Crippen LogP contribution in [0, 0.1) is 0 Å². The average Bonchev–Trinajstić information content (AvgIpc) is 0.722. The van der Waals surface area contributed by atoms with Crippen LogP contribution < -0.4 is 0 Å². The molecule has 51 valence electrons. The Labute approximate surface area is 61.8 Å². The van der Waals surface area contributed by atoms with E-state index in [0.29, 0.717) is 0 Å². The number of nitrogens with one attached hydrogen (secondary N) is 1. The molecule has 7 heteroatoms. The molecule has 0 aliphatic heterocycles. The summed E-state index contributed by atoms with van der Waals surface area (Å²) in [6.07, 6.45) is 0. The number of hydrogen-bond acceptors (Lipinski definition) is 2. The van der Waals surface area contributed by atoms with Crippen molar-refractivity contribution in [3.05, 3.63) is 5.14 Å². The van der Waals surface area contributed by atoms with E-state index in [1.54, 1.807) is 0 Å². The zero-order valence-corrected chi connectivity index (χ0v) is 5.67. The van der Waals surface area contributed by atoms with Gasteiger partial charge in [0.2, 0.25) is 0 Å². The third-order valence-corrected chi connectivity index (χ3v) is 0. The molecule has 0 spiro atoms. The molecule has 0 fully saturated rings. The van der Waals surface area contributed by atoms with E-state index in [2.05, 4.69) is 0 Å². The molecular formula is H2CoNNiO3S-. The van der Waals surface area contributed by atoms with E-state index < -0.39 is 10.3 Å². The van der Waals surface area contributed by atoms with Crippen LogP contribution in [-0.4, -0.2) is 13.0 Å². The molecule has 0 aliphatic carbocycles. The molecule has 0 heterocycles. The van der Waals surface area contributed by atoms with Gasteiger partial charge in [-0.3, -0.25) is 4.55 Å². The summed E-state index contributed by atoms with van der Waals surface area (Å²) in [5.41, 5.74) is 0. The Morgan fingerprint density at radius 1 is 1.43 bits per heavy atom. The van der Waals surface area contributed by atoms with Crippen molar-refractivity contribution < 1.29 is 46.2 Å². The summed E-state index contributed by atoms with van der Waals surface area (Å²) in [6, 6.07) is 0. The predicted octanol–water partition coefficient (Wildman–Crippen LogP) is -0.164. The molecular weight excluding hydrogens is 212 g/mol. The zero-order chi connectivity index (χ0) is 4.50. The normalized spacial score (nSPS) is 8.29.